The summed E-state index contributed by atoms with van der Waals surface area (Å²) in [6, 6.07) is 0. The Morgan fingerprint density at radius 3 is 2.75 bits per heavy atom. The summed E-state index contributed by atoms with van der Waals surface area (Å²) in [5.41, 5.74) is 0. The molecular formula is C12H23NO2S. The Balaban J connectivity index is 2.06. The normalized spacial score (nSPS) is 20.9. The molecule has 16 heavy (non-hydrogen) atoms. The van der Waals surface area contributed by atoms with Gasteiger partial charge in [-0.15, -0.1) is 0 Å². The van der Waals surface area contributed by atoms with Crippen LogP contribution in [0.3, 0.4) is 0 Å². The van der Waals surface area contributed by atoms with Gasteiger partial charge in [-0.2, -0.15) is 11.8 Å². The lowest BCUT2D eigenvalue weighted by Crippen LogP contribution is -2.43. The molecule has 94 valence electrons. The molecule has 0 radical (unpaired) electrons. The second-order valence-electron chi connectivity index (χ2n) is 5.09. The number of aliphatic carboxylic acids is 1. The van der Waals surface area contributed by atoms with E-state index >= 15 is 0 Å². The van der Waals surface area contributed by atoms with Gasteiger partial charge in [0, 0.05) is 30.0 Å². The molecule has 1 N–H and O–H groups in total. The van der Waals surface area contributed by atoms with Gasteiger partial charge in [0.25, 0.3) is 0 Å². The van der Waals surface area contributed by atoms with Crippen molar-refractivity contribution in [2.24, 2.45) is 0 Å². The molecule has 1 heterocycles. The fourth-order valence-corrected chi connectivity index (χ4v) is 3.27. The third-order valence-electron chi connectivity index (χ3n) is 2.87. The van der Waals surface area contributed by atoms with Crippen LogP contribution in [0.1, 0.15) is 39.5 Å². The molecule has 0 aliphatic carbocycles. The molecule has 0 spiro atoms. The van der Waals surface area contributed by atoms with E-state index in [0.29, 0.717) is 11.2 Å². The van der Waals surface area contributed by atoms with Crippen LogP contribution in [0, 0.1) is 0 Å². The second kappa shape index (κ2) is 6.50. The number of carboxylic acids is 1. The van der Waals surface area contributed by atoms with Crippen LogP contribution in [0.2, 0.25) is 0 Å². The Hall–Kier alpha value is -0.220. The zero-order valence-electron chi connectivity index (χ0n) is 10.4. The minimum Gasteiger partial charge on any atom is -0.481 e. The van der Waals surface area contributed by atoms with Gasteiger partial charge in [-0.3, -0.25) is 4.79 Å². The molecule has 0 unspecified atom stereocenters. The summed E-state index contributed by atoms with van der Waals surface area (Å²) in [6.45, 7) is 8.08. The molecule has 0 amide bonds. The highest BCUT2D eigenvalue weighted by Gasteiger charge is 2.26. The summed E-state index contributed by atoms with van der Waals surface area (Å²) in [5, 5.41) is 8.52. The first-order chi connectivity index (χ1) is 7.49. The molecular weight excluding hydrogens is 222 g/mol. The first-order valence-electron chi connectivity index (χ1n) is 6.08. The van der Waals surface area contributed by atoms with Crippen LogP contribution >= 0.6 is 11.8 Å². The summed E-state index contributed by atoms with van der Waals surface area (Å²) in [6.07, 6.45) is 3.31. The number of hydrogen-bond acceptors (Lipinski definition) is 3. The minimum atomic E-state index is -0.671. The highest BCUT2D eigenvalue weighted by atomic mass is 32.2. The molecule has 1 saturated heterocycles. The van der Waals surface area contributed by atoms with Crippen molar-refractivity contribution >= 4 is 17.7 Å². The maximum Gasteiger partial charge on any atom is 0.303 e. The van der Waals surface area contributed by atoms with Crippen molar-refractivity contribution in [2.75, 3.05) is 25.4 Å². The molecule has 0 aromatic heterocycles. The molecule has 1 aliphatic heterocycles. The van der Waals surface area contributed by atoms with E-state index < -0.39 is 5.97 Å². The Morgan fingerprint density at radius 1 is 1.38 bits per heavy atom. The minimum absolute atomic E-state index is 0.321. The number of carboxylic acid groups (broad SMARTS) is 1. The SMILES string of the molecule is CC1(C)CN(CCCCCC(=O)O)CCS1. The van der Waals surface area contributed by atoms with E-state index in [2.05, 4.69) is 30.5 Å². The Bertz CT molecular complexity index is 231. The van der Waals surface area contributed by atoms with E-state index in [1.54, 1.807) is 0 Å². The van der Waals surface area contributed by atoms with Crippen LogP contribution in [0.15, 0.2) is 0 Å². The van der Waals surface area contributed by atoms with E-state index in [1.165, 1.54) is 12.3 Å². The van der Waals surface area contributed by atoms with Crippen LogP contribution < -0.4 is 0 Å². The van der Waals surface area contributed by atoms with Crippen molar-refractivity contribution in [3.8, 4) is 0 Å². The van der Waals surface area contributed by atoms with Gasteiger partial charge < -0.3 is 10.0 Å². The molecule has 0 saturated carbocycles. The number of hydrogen-bond donors (Lipinski definition) is 1. The smallest absolute Gasteiger partial charge is 0.303 e. The van der Waals surface area contributed by atoms with Gasteiger partial charge in [-0.05, 0) is 33.2 Å². The molecule has 1 fully saturated rings. The molecule has 1 aliphatic rings. The van der Waals surface area contributed by atoms with E-state index in [0.717, 1.165) is 32.4 Å². The lowest BCUT2D eigenvalue weighted by Gasteiger charge is -2.37. The van der Waals surface area contributed by atoms with Gasteiger partial charge in [0.15, 0.2) is 0 Å². The Labute approximate surface area is 103 Å². The molecule has 4 heteroatoms. The maximum atomic E-state index is 10.3. The molecule has 0 bridgehead atoms. The second-order valence-corrected chi connectivity index (χ2v) is 6.89. The summed E-state index contributed by atoms with van der Waals surface area (Å²) in [7, 11) is 0. The van der Waals surface area contributed by atoms with Crippen LogP contribution in [-0.2, 0) is 4.79 Å². The largest absolute Gasteiger partial charge is 0.481 e. The average molecular weight is 245 g/mol. The zero-order valence-corrected chi connectivity index (χ0v) is 11.2. The lowest BCUT2D eigenvalue weighted by atomic mass is 10.1. The van der Waals surface area contributed by atoms with Gasteiger partial charge >= 0.3 is 5.97 Å². The maximum absolute atomic E-state index is 10.3. The summed E-state index contributed by atoms with van der Waals surface area (Å²) in [5.74, 6) is 0.554. The lowest BCUT2D eigenvalue weighted by molar-refractivity contribution is -0.137. The van der Waals surface area contributed by atoms with E-state index in [1.807, 2.05) is 0 Å². The highest BCUT2D eigenvalue weighted by Crippen LogP contribution is 2.29. The van der Waals surface area contributed by atoms with Gasteiger partial charge in [0.2, 0.25) is 0 Å². The number of thioether (sulfide) groups is 1. The predicted octanol–water partition coefficient (Wildman–Crippen LogP) is 2.46. The van der Waals surface area contributed by atoms with Gasteiger partial charge in [0.1, 0.15) is 0 Å². The number of carbonyl (C=O) groups is 1. The average Bonchev–Trinajstić information content (AvgIpc) is 2.15. The molecule has 0 aromatic carbocycles. The van der Waals surface area contributed by atoms with Crippen LogP contribution in [-0.4, -0.2) is 46.1 Å². The number of rotatable bonds is 6. The first kappa shape index (κ1) is 13.8. The Morgan fingerprint density at radius 2 is 2.12 bits per heavy atom. The summed E-state index contributed by atoms with van der Waals surface area (Å²) in [4.78, 5) is 12.8. The van der Waals surface area contributed by atoms with Crippen LogP contribution in [0.25, 0.3) is 0 Å². The van der Waals surface area contributed by atoms with Crippen LogP contribution in [0.5, 0.6) is 0 Å². The fourth-order valence-electron chi connectivity index (χ4n) is 2.09. The van der Waals surface area contributed by atoms with Crippen molar-refractivity contribution in [3.05, 3.63) is 0 Å². The van der Waals surface area contributed by atoms with Crippen molar-refractivity contribution in [1.82, 2.24) is 4.90 Å². The van der Waals surface area contributed by atoms with Gasteiger partial charge in [0.05, 0.1) is 0 Å². The van der Waals surface area contributed by atoms with Crippen molar-refractivity contribution < 1.29 is 9.90 Å². The van der Waals surface area contributed by atoms with Crippen molar-refractivity contribution in [1.29, 1.82) is 0 Å². The predicted molar refractivity (Wildman–Crippen MR) is 69.1 cm³/mol. The van der Waals surface area contributed by atoms with E-state index in [9.17, 15) is 4.79 Å². The third kappa shape index (κ3) is 5.75. The fraction of sp³-hybridized carbons (Fsp3) is 0.917. The summed E-state index contributed by atoms with van der Waals surface area (Å²) >= 11 is 2.05. The summed E-state index contributed by atoms with van der Waals surface area (Å²) < 4.78 is 0.388. The molecule has 0 aromatic rings. The van der Waals surface area contributed by atoms with E-state index in [4.69, 9.17) is 5.11 Å². The zero-order chi connectivity index (χ0) is 12.0. The molecule has 1 rings (SSSR count). The molecule has 0 atom stereocenters. The number of unbranched alkanes of at least 4 members (excludes halogenated alkanes) is 2. The van der Waals surface area contributed by atoms with Crippen molar-refractivity contribution in [3.63, 3.8) is 0 Å². The standard InChI is InChI=1S/C12H23NO2S/c1-12(2)10-13(8-9-16-12)7-5-3-4-6-11(14)15/h3-10H2,1-2H3,(H,14,15). The molecule has 3 nitrogen and oxygen atoms in total. The highest BCUT2D eigenvalue weighted by molar-refractivity contribution is 8.00. The third-order valence-corrected chi connectivity index (χ3v) is 4.17. The van der Waals surface area contributed by atoms with Crippen LogP contribution in [0.4, 0.5) is 0 Å². The first-order valence-corrected chi connectivity index (χ1v) is 7.06. The van der Waals surface area contributed by atoms with Crippen molar-refractivity contribution in [2.45, 2.75) is 44.3 Å². The van der Waals surface area contributed by atoms with Gasteiger partial charge in [-0.25, -0.2) is 0 Å². The topological polar surface area (TPSA) is 40.5 Å². The van der Waals surface area contributed by atoms with Gasteiger partial charge in [-0.1, -0.05) is 6.42 Å². The quantitative estimate of drug-likeness (QED) is 0.730. The van der Waals surface area contributed by atoms with E-state index in [-0.39, 0.29) is 0 Å². The number of nitrogens with zero attached hydrogens (tertiary/aromatic N) is 1. The Kier molecular flexibility index (Phi) is 5.62. The monoisotopic (exact) mass is 245 g/mol.